The number of carboxylic acid groups (broad SMARTS) is 1. The van der Waals surface area contributed by atoms with E-state index in [9.17, 15) is 9.59 Å². The molecule has 1 aromatic carbocycles. The maximum atomic E-state index is 12.7. The average Bonchev–Trinajstić information content (AvgIpc) is 2.45. The van der Waals surface area contributed by atoms with E-state index in [-0.39, 0.29) is 25.0 Å². The van der Waals surface area contributed by atoms with Gasteiger partial charge in [0.15, 0.2) is 0 Å². The van der Waals surface area contributed by atoms with E-state index < -0.39 is 5.97 Å². The van der Waals surface area contributed by atoms with Gasteiger partial charge < -0.3 is 10.0 Å². The molecule has 0 saturated heterocycles. The maximum absolute atomic E-state index is 12.7. The molecule has 0 heterocycles. The van der Waals surface area contributed by atoms with Crippen LogP contribution in [-0.2, 0) is 4.79 Å². The average molecular weight is 292 g/mol. The van der Waals surface area contributed by atoms with E-state index in [1.807, 2.05) is 51.1 Å². The SMILES string of the molecule is CCCN(C(=O)N(CCC(=O)O)c1ccccc1)C(C)C. The third-order valence-electron chi connectivity index (χ3n) is 3.18. The lowest BCUT2D eigenvalue weighted by Crippen LogP contribution is -2.47. The second-order valence-electron chi connectivity index (χ2n) is 5.20. The summed E-state index contributed by atoms with van der Waals surface area (Å²) in [6.07, 6.45) is 0.796. The van der Waals surface area contributed by atoms with Crippen molar-refractivity contribution in [1.29, 1.82) is 0 Å². The van der Waals surface area contributed by atoms with E-state index in [2.05, 4.69) is 0 Å². The molecule has 0 saturated carbocycles. The lowest BCUT2D eigenvalue weighted by molar-refractivity contribution is -0.136. The fourth-order valence-electron chi connectivity index (χ4n) is 2.12. The molecule has 0 aliphatic heterocycles. The third-order valence-corrected chi connectivity index (χ3v) is 3.18. The molecule has 1 N–H and O–H groups in total. The summed E-state index contributed by atoms with van der Waals surface area (Å²) in [5.41, 5.74) is 0.727. The first-order valence-corrected chi connectivity index (χ1v) is 7.32. The smallest absolute Gasteiger partial charge is 0.324 e. The monoisotopic (exact) mass is 292 g/mol. The molecule has 0 fully saturated rings. The summed E-state index contributed by atoms with van der Waals surface area (Å²) in [5, 5.41) is 8.89. The summed E-state index contributed by atoms with van der Waals surface area (Å²) in [4.78, 5) is 26.9. The van der Waals surface area contributed by atoms with Gasteiger partial charge in [-0.25, -0.2) is 4.79 Å². The molecule has 0 aliphatic carbocycles. The fourth-order valence-corrected chi connectivity index (χ4v) is 2.12. The van der Waals surface area contributed by atoms with Crippen LogP contribution in [0.4, 0.5) is 10.5 Å². The molecule has 1 aromatic rings. The van der Waals surface area contributed by atoms with Gasteiger partial charge in [0, 0.05) is 24.8 Å². The zero-order valence-corrected chi connectivity index (χ0v) is 13.0. The summed E-state index contributed by atoms with van der Waals surface area (Å²) >= 11 is 0. The number of carbonyl (C=O) groups is 2. The number of hydrogen-bond donors (Lipinski definition) is 1. The van der Waals surface area contributed by atoms with Crippen LogP contribution in [0, 0.1) is 0 Å². The predicted octanol–water partition coefficient (Wildman–Crippen LogP) is 3.21. The number of benzene rings is 1. The van der Waals surface area contributed by atoms with Gasteiger partial charge in [0.05, 0.1) is 6.42 Å². The van der Waals surface area contributed by atoms with E-state index in [0.29, 0.717) is 6.54 Å². The van der Waals surface area contributed by atoms with Gasteiger partial charge in [-0.3, -0.25) is 9.69 Å². The largest absolute Gasteiger partial charge is 0.481 e. The van der Waals surface area contributed by atoms with Gasteiger partial charge in [0.2, 0.25) is 0 Å². The van der Waals surface area contributed by atoms with Gasteiger partial charge in [-0.1, -0.05) is 25.1 Å². The first-order chi connectivity index (χ1) is 9.97. The third kappa shape index (κ3) is 5.10. The van der Waals surface area contributed by atoms with Crippen molar-refractivity contribution in [2.24, 2.45) is 0 Å². The van der Waals surface area contributed by atoms with E-state index in [4.69, 9.17) is 5.11 Å². The number of carboxylic acids is 1. The summed E-state index contributed by atoms with van der Waals surface area (Å²) in [5.74, 6) is -0.907. The Bertz CT molecular complexity index is 460. The molecule has 5 heteroatoms. The number of para-hydroxylation sites is 1. The van der Waals surface area contributed by atoms with Gasteiger partial charge in [0.25, 0.3) is 0 Å². The summed E-state index contributed by atoms with van der Waals surface area (Å²) in [6, 6.07) is 9.14. The number of anilines is 1. The predicted molar refractivity (Wildman–Crippen MR) is 83.6 cm³/mol. The second-order valence-corrected chi connectivity index (χ2v) is 5.20. The highest BCUT2D eigenvalue weighted by Gasteiger charge is 2.24. The number of aliphatic carboxylic acids is 1. The topological polar surface area (TPSA) is 60.9 Å². The van der Waals surface area contributed by atoms with Crippen LogP contribution in [0.3, 0.4) is 0 Å². The highest BCUT2D eigenvalue weighted by atomic mass is 16.4. The van der Waals surface area contributed by atoms with Crippen molar-refractivity contribution in [3.63, 3.8) is 0 Å². The van der Waals surface area contributed by atoms with Crippen LogP contribution in [0.1, 0.15) is 33.6 Å². The van der Waals surface area contributed by atoms with Crippen LogP contribution >= 0.6 is 0 Å². The van der Waals surface area contributed by atoms with E-state index in [1.165, 1.54) is 0 Å². The minimum Gasteiger partial charge on any atom is -0.481 e. The Labute approximate surface area is 126 Å². The zero-order valence-electron chi connectivity index (χ0n) is 13.0. The molecule has 0 aromatic heterocycles. The molecule has 1 rings (SSSR count). The zero-order chi connectivity index (χ0) is 15.8. The van der Waals surface area contributed by atoms with E-state index in [0.717, 1.165) is 12.1 Å². The highest BCUT2D eigenvalue weighted by molar-refractivity contribution is 5.92. The Kier molecular flexibility index (Phi) is 6.72. The summed E-state index contributed by atoms with van der Waals surface area (Å²) in [7, 11) is 0. The van der Waals surface area contributed by atoms with Crippen LogP contribution in [-0.4, -0.2) is 41.1 Å². The van der Waals surface area contributed by atoms with Crippen molar-refractivity contribution < 1.29 is 14.7 Å². The Morgan fingerprint density at radius 2 is 1.76 bits per heavy atom. The molecule has 116 valence electrons. The Morgan fingerprint density at radius 1 is 1.14 bits per heavy atom. The van der Waals surface area contributed by atoms with Crippen LogP contribution in [0.2, 0.25) is 0 Å². The van der Waals surface area contributed by atoms with Gasteiger partial charge in [-0.05, 0) is 32.4 Å². The summed E-state index contributed by atoms with van der Waals surface area (Å²) < 4.78 is 0. The number of amides is 2. The van der Waals surface area contributed by atoms with Crippen molar-refractivity contribution in [2.45, 2.75) is 39.7 Å². The highest BCUT2D eigenvalue weighted by Crippen LogP contribution is 2.17. The van der Waals surface area contributed by atoms with E-state index >= 15 is 0 Å². The minimum atomic E-state index is -0.907. The molecular formula is C16H24N2O3. The van der Waals surface area contributed by atoms with Crippen molar-refractivity contribution >= 4 is 17.7 Å². The summed E-state index contributed by atoms with van der Waals surface area (Å²) in [6.45, 7) is 6.78. The molecular weight excluding hydrogens is 268 g/mol. The second kappa shape index (κ2) is 8.29. The number of urea groups is 1. The molecule has 0 atom stereocenters. The molecule has 0 unspecified atom stereocenters. The van der Waals surface area contributed by atoms with E-state index in [1.54, 1.807) is 9.80 Å². The molecule has 0 spiro atoms. The van der Waals surface area contributed by atoms with Crippen molar-refractivity contribution in [3.05, 3.63) is 30.3 Å². The first-order valence-electron chi connectivity index (χ1n) is 7.32. The Hall–Kier alpha value is -2.04. The standard InChI is InChI=1S/C16H24N2O3/c1-4-11-17(13(2)3)16(21)18(12-10-15(19)20)14-8-6-5-7-9-14/h5-9,13H,4,10-12H2,1-3H3,(H,19,20). The van der Waals surface area contributed by atoms with Crippen molar-refractivity contribution in [1.82, 2.24) is 4.90 Å². The van der Waals surface area contributed by atoms with Crippen LogP contribution in [0.5, 0.6) is 0 Å². The van der Waals surface area contributed by atoms with Crippen molar-refractivity contribution in [3.8, 4) is 0 Å². The normalized spacial score (nSPS) is 10.5. The molecule has 0 aliphatic rings. The van der Waals surface area contributed by atoms with Crippen LogP contribution < -0.4 is 4.90 Å². The first kappa shape index (κ1) is 17.0. The lowest BCUT2D eigenvalue weighted by atomic mass is 10.2. The molecule has 0 radical (unpaired) electrons. The number of carbonyl (C=O) groups excluding carboxylic acids is 1. The number of rotatable bonds is 7. The van der Waals surface area contributed by atoms with Gasteiger partial charge in [0.1, 0.15) is 0 Å². The Balaban J connectivity index is 2.99. The molecule has 5 nitrogen and oxygen atoms in total. The molecule has 21 heavy (non-hydrogen) atoms. The Morgan fingerprint density at radius 3 is 2.24 bits per heavy atom. The van der Waals surface area contributed by atoms with Crippen LogP contribution in [0.15, 0.2) is 30.3 Å². The van der Waals surface area contributed by atoms with Crippen molar-refractivity contribution in [2.75, 3.05) is 18.0 Å². The maximum Gasteiger partial charge on any atom is 0.324 e. The van der Waals surface area contributed by atoms with Gasteiger partial charge in [-0.15, -0.1) is 0 Å². The fraction of sp³-hybridized carbons (Fsp3) is 0.500. The lowest BCUT2D eigenvalue weighted by Gasteiger charge is -2.33. The quantitative estimate of drug-likeness (QED) is 0.839. The van der Waals surface area contributed by atoms with Gasteiger partial charge in [-0.2, -0.15) is 0 Å². The number of nitrogens with zero attached hydrogens (tertiary/aromatic N) is 2. The minimum absolute atomic E-state index is 0.0707. The van der Waals surface area contributed by atoms with Crippen LogP contribution in [0.25, 0.3) is 0 Å². The molecule has 2 amide bonds. The van der Waals surface area contributed by atoms with Gasteiger partial charge >= 0.3 is 12.0 Å². The number of hydrogen-bond acceptors (Lipinski definition) is 2. The molecule has 0 bridgehead atoms.